The Hall–Kier alpha value is -0.740. The summed E-state index contributed by atoms with van der Waals surface area (Å²) in [6.45, 7) is 18.0. The molecule has 1 aliphatic rings. The molecule has 122 valence electrons. The summed E-state index contributed by atoms with van der Waals surface area (Å²) >= 11 is 0. The molecule has 0 aromatic rings. The van der Waals surface area contributed by atoms with Gasteiger partial charge in [-0.15, -0.1) is 0 Å². The van der Waals surface area contributed by atoms with E-state index in [9.17, 15) is 0 Å². The topological polar surface area (TPSA) is 48.8 Å². The highest BCUT2D eigenvalue weighted by atomic mass is 15.0. The number of aliphatic imine (C=N–C) groups is 2. The normalized spacial score (nSPS) is 25.2. The van der Waals surface area contributed by atoms with E-state index in [1.807, 2.05) is 0 Å². The Morgan fingerprint density at radius 3 is 2.10 bits per heavy atom. The van der Waals surface area contributed by atoms with Gasteiger partial charge in [0.1, 0.15) is 0 Å². The molecule has 0 saturated heterocycles. The number of rotatable bonds is 0. The third-order valence-corrected chi connectivity index (χ3v) is 3.80. The summed E-state index contributed by atoms with van der Waals surface area (Å²) in [5, 5.41) is 7.13. The molecule has 0 saturated carbocycles. The summed E-state index contributed by atoms with van der Waals surface area (Å²) in [6, 6.07) is 0. The van der Waals surface area contributed by atoms with Crippen LogP contribution in [0.25, 0.3) is 0 Å². The van der Waals surface area contributed by atoms with Crippen molar-refractivity contribution < 1.29 is 0 Å². The second-order valence-electron chi connectivity index (χ2n) is 7.74. The van der Waals surface area contributed by atoms with Crippen LogP contribution in [0.3, 0.4) is 0 Å². The smallest absolute Gasteiger partial charge is 0.0513 e. The van der Waals surface area contributed by atoms with Gasteiger partial charge in [-0.2, -0.15) is 0 Å². The van der Waals surface area contributed by atoms with Crippen molar-refractivity contribution >= 4 is 11.4 Å². The van der Waals surface area contributed by atoms with Crippen LogP contribution in [-0.2, 0) is 0 Å². The molecule has 21 heavy (non-hydrogen) atoms. The lowest BCUT2D eigenvalue weighted by Crippen LogP contribution is -2.42. The second-order valence-corrected chi connectivity index (χ2v) is 7.74. The van der Waals surface area contributed by atoms with Crippen molar-refractivity contribution in [1.29, 1.82) is 0 Å². The Bertz CT molecular complexity index is 380. The first-order chi connectivity index (χ1) is 9.70. The van der Waals surface area contributed by atoms with Crippen molar-refractivity contribution in [3.63, 3.8) is 0 Å². The lowest BCUT2D eigenvalue weighted by molar-refractivity contribution is 0.356. The average molecular weight is 294 g/mol. The predicted molar refractivity (Wildman–Crippen MR) is 93.9 cm³/mol. The molecule has 4 heteroatoms. The number of nitrogens with one attached hydrogen (secondary N) is 2. The molecule has 0 fully saturated rings. The predicted octanol–water partition coefficient (Wildman–Crippen LogP) is 2.69. The summed E-state index contributed by atoms with van der Waals surface area (Å²) in [5.41, 5.74) is 2.81. The maximum absolute atomic E-state index is 4.71. The molecule has 0 unspecified atom stereocenters. The molecule has 0 bridgehead atoms. The third-order valence-electron chi connectivity index (χ3n) is 3.80. The maximum Gasteiger partial charge on any atom is 0.0513 e. The lowest BCUT2D eigenvalue weighted by atomic mass is 9.87. The molecule has 0 aromatic heterocycles. The standard InChI is InChI=1S/C17H34N4/c1-14-11-16(3,4)13-18-7-8-19-15(2)12-17(5,6)21-10-9-20-14/h18,21H,7-13H2,1-6H3. The zero-order valence-corrected chi connectivity index (χ0v) is 14.8. The monoisotopic (exact) mass is 294 g/mol. The fourth-order valence-electron chi connectivity index (χ4n) is 2.96. The minimum absolute atomic E-state index is 0.0872. The van der Waals surface area contributed by atoms with Crippen molar-refractivity contribution in [2.75, 3.05) is 32.7 Å². The van der Waals surface area contributed by atoms with E-state index in [4.69, 9.17) is 4.99 Å². The van der Waals surface area contributed by atoms with Gasteiger partial charge in [-0.1, -0.05) is 13.8 Å². The van der Waals surface area contributed by atoms with Gasteiger partial charge in [-0.05, 0) is 39.5 Å². The van der Waals surface area contributed by atoms with E-state index in [2.05, 4.69) is 57.2 Å². The fraction of sp³-hybridized carbons (Fsp3) is 0.882. The molecule has 4 nitrogen and oxygen atoms in total. The van der Waals surface area contributed by atoms with E-state index in [1.165, 1.54) is 11.4 Å². The summed E-state index contributed by atoms with van der Waals surface area (Å²) in [7, 11) is 0. The highest BCUT2D eigenvalue weighted by Gasteiger charge is 2.20. The van der Waals surface area contributed by atoms with E-state index in [0.717, 1.165) is 45.6 Å². The fourth-order valence-corrected chi connectivity index (χ4v) is 2.96. The van der Waals surface area contributed by atoms with Crippen LogP contribution in [0.1, 0.15) is 54.4 Å². The van der Waals surface area contributed by atoms with Gasteiger partial charge in [0.05, 0.1) is 13.1 Å². The van der Waals surface area contributed by atoms with Crippen molar-refractivity contribution in [3.8, 4) is 0 Å². The number of hydrogen-bond donors (Lipinski definition) is 2. The zero-order valence-electron chi connectivity index (χ0n) is 14.8. The summed E-state index contributed by atoms with van der Waals surface area (Å²) in [4.78, 5) is 9.39. The van der Waals surface area contributed by atoms with Crippen LogP contribution in [-0.4, -0.2) is 49.7 Å². The molecule has 0 aromatic carbocycles. The van der Waals surface area contributed by atoms with Gasteiger partial charge in [0.25, 0.3) is 0 Å². The molecule has 1 heterocycles. The van der Waals surface area contributed by atoms with Crippen LogP contribution in [0.15, 0.2) is 9.98 Å². The summed E-state index contributed by atoms with van der Waals surface area (Å²) < 4.78 is 0. The summed E-state index contributed by atoms with van der Waals surface area (Å²) in [5.74, 6) is 0. The van der Waals surface area contributed by atoms with Crippen molar-refractivity contribution in [2.45, 2.75) is 59.9 Å². The van der Waals surface area contributed by atoms with Crippen molar-refractivity contribution in [2.24, 2.45) is 15.4 Å². The average Bonchev–Trinajstić information content (AvgIpc) is 2.32. The molecule has 0 atom stereocenters. The van der Waals surface area contributed by atoms with E-state index < -0.39 is 0 Å². The molecular weight excluding hydrogens is 260 g/mol. The maximum atomic E-state index is 4.71. The molecule has 1 rings (SSSR count). The van der Waals surface area contributed by atoms with Gasteiger partial charge in [0.2, 0.25) is 0 Å². The Labute approximate surface area is 130 Å². The molecule has 0 amide bonds. The van der Waals surface area contributed by atoms with Crippen LogP contribution in [0.4, 0.5) is 0 Å². The first kappa shape index (κ1) is 18.3. The van der Waals surface area contributed by atoms with Gasteiger partial charge in [0.15, 0.2) is 0 Å². The molecular formula is C17H34N4. The zero-order chi connectivity index (χ0) is 15.9. The highest BCUT2D eigenvalue weighted by molar-refractivity contribution is 5.83. The molecule has 0 aliphatic carbocycles. The van der Waals surface area contributed by atoms with Gasteiger partial charge in [-0.25, -0.2) is 0 Å². The van der Waals surface area contributed by atoms with Crippen LogP contribution in [0.5, 0.6) is 0 Å². The van der Waals surface area contributed by atoms with Gasteiger partial charge in [0, 0.05) is 43.0 Å². The minimum atomic E-state index is 0.0872. The second kappa shape index (κ2) is 8.04. The third kappa shape index (κ3) is 8.32. The van der Waals surface area contributed by atoms with E-state index in [-0.39, 0.29) is 11.0 Å². The van der Waals surface area contributed by atoms with Crippen LogP contribution < -0.4 is 10.6 Å². The molecule has 1 aliphatic heterocycles. The quantitative estimate of drug-likeness (QED) is 0.721. The first-order valence-corrected chi connectivity index (χ1v) is 8.16. The lowest BCUT2D eigenvalue weighted by Gasteiger charge is -2.26. The SMILES string of the molecule is CC1=NCCNC(C)(C)CC(C)=NCCNCC(C)(C)C1. The van der Waals surface area contributed by atoms with E-state index >= 15 is 0 Å². The largest absolute Gasteiger partial charge is 0.314 e. The van der Waals surface area contributed by atoms with Gasteiger partial charge < -0.3 is 10.6 Å². The Morgan fingerprint density at radius 2 is 1.43 bits per heavy atom. The number of nitrogens with zero attached hydrogens (tertiary/aromatic N) is 2. The molecule has 2 N–H and O–H groups in total. The molecule has 0 radical (unpaired) electrons. The van der Waals surface area contributed by atoms with Gasteiger partial charge in [-0.3, -0.25) is 9.98 Å². The van der Waals surface area contributed by atoms with Crippen molar-refractivity contribution in [3.05, 3.63) is 0 Å². The van der Waals surface area contributed by atoms with E-state index in [1.54, 1.807) is 0 Å². The van der Waals surface area contributed by atoms with Crippen LogP contribution in [0, 0.1) is 5.41 Å². The van der Waals surface area contributed by atoms with Crippen LogP contribution >= 0.6 is 0 Å². The minimum Gasteiger partial charge on any atom is -0.314 e. The first-order valence-electron chi connectivity index (χ1n) is 8.16. The Kier molecular flexibility index (Phi) is 7.01. The van der Waals surface area contributed by atoms with Gasteiger partial charge >= 0.3 is 0 Å². The number of hydrogen-bond acceptors (Lipinski definition) is 4. The van der Waals surface area contributed by atoms with E-state index in [0.29, 0.717) is 0 Å². The van der Waals surface area contributed by atoms with Crippen LogP contribution in [0.2, 0.25) is 0 Å². The Morgan fingerprint density at radius 1 is 0.857 bits per heavy atom. The highest BCUT2D eigenvalue weighted by Crippen LogP contribution is 2.20. The van der Waals surface area contributed by atoms with Crippen molar-refractivity contribution in [1.82, 2.24) is 10.6 Å². The molecule has 0 spiro atoms. The Balaban J connectivity index is 2.71. The summed E-state index contributed by atoms with van der Waals surface area (Å²) in [6.07, 6.45) is 2.03.